The number of phenols is 2. The van der Waals surface area contributed by atoms with E-state index in [1.807, 2.05) is 19.9 Å². The van der Waals surface area contributed by atoms with Crippen molar-refractivity contribution in [3.8, 4) is 11.5 Å². The third-order valence-electron chi connectivity index (χ3n) is 4.96. The highest BCUT2D eigenvalue weighted by Gasteiger charge is 2.33. The van der Waals surface area contributed by atoms with E-state index < -0.39 is 0 Å². The predicted octanol–water partition coefficient (Wildman–Crippen LogP) is 2.18. The normalized spacial score (nSPS) is 15.4. The van der Waals surface area contributed by atoms with E-state index in [0.29, 0.717) is 24.5 Å². The van der Waals surface area contributed by atoms with Gasteiger partial charge in [0.25, 0.3) is 0 Å². The van der Waals surface area contributed by atoms with Crippen molar-refractivity contribution in [1.82, 2.24) is 0 Å². The Balaban J connectivity index is 1.91. The lowest BCUT2D eigenvalue weighted by Crippen LogP contribution is -2.46. The highest BCUT2D eigenvalue weighted by Crippen LogP contribution is 2.46. The molecule has 120 valence electrons. The Labute approximate surface area is 134 Å². The van der Waals surface area contributed by atoms with Gasteiger partial charge >= 0.3 is 0 Å². The van der Waals surface area contributed by atoms with E-state index in [-0.39, 0.29) is 11.5 Å². The Bertz CT molecular complexity index is 778. The highest BCUT2D eigenvalue weighted by atomic mass is 16.3. The van der Waals surface area contributed by atoms with Crippen LogP contribution in [0.3, 0.4) is 0 Å². The number of nitrogens with two attached hydrogens (primary N) is 2. The monoisotopic (exact) mass is 312 g/mol. The van der Waals surface area contributed by atoms with Gasteiger partial charge in [0.2, 0.25) is 0 Å². The van der Waals surface area contributed by atoms with Crippen LogP contribution in [0.15, 0.2) is 12.1 Å². The maximum Gasteiger partial charge on any atom is 0.143 e. The smallest absolute Gasteiger partial charge is 0.143 e. The van der Waals surface area contributed by atoms with Crippen LogP contribution in [0.2, 0.25) is 0 Å². The number of aromatic hydroxyl groups is 2. The van der Waals surface area contributed by atoms with Crippen LogP contribution in [0.5, 0.6) is 11.5 Å². The fourth-order valence-corrected chi connectivity index (χ4v) is 3.90. The van der Waals surface area contributed by atoms with Gasteiger partial charge < -0.3 is 31.5 Å². The average molecular weight is 312 g/mol. The molecule has 6 heteroatoms. The number of anilines is 4. The van der Waals surface area contributed by atoms with E-state index >= 15 is 0 Å². The molecule has 4 rings (SSSR count). The Morgan fingerprint density at radius 2 is 1.48 bits per heavy atom. The number of benzene rings is 2. The van der Waals surface area contributed by atoms with Crippen molar-refractivity contribution in [3.05, 3.63) is 34.4 Å². The number of rotatable bonds is 0. The molecule has 2 bridgehead atoms. The molecule has 2 aromatic carbocycles. The summed E-state index contributed by atoms with van der Waals surface area (Å²) in [6.07, 6.45) is 0. The van der Waals surface area contributed by atoms with Crippen LogP contribution < -0.4 is 21.3 Å². The average Bonchev–Trinajstić information content (AvgIpc) is 2.50. The second-order valence-electron chi connectivity index (χ2n) is 6.43. The van der Waals surface area contributed by atoms with Crippen molar-refractivity contribution in [2.75, 3.05) is 27.9 Å². The lowest BCUT2D eigenvalue weighted by molar-refractivity contribution is 0.471. The zero-order valence-corrected chi connectivity index (χ0v) is 13.2. The lowest BCUT2D eigenvalue weighted by Gasteiger charge is -2.46. The van der Waals surface area contributed by atoms with E-state index in [2.05, 4.69) is 9.80 Å². The Morgan fingerprint density at radius 3 is 2.13 bits per heavy atom. The second kappa shape index (κ2) is 4.38. The number of hydrogen-bond acceptors (Lipinski definition) is 6. The van der Waals surface area contributed by atoms with Crippen molar-refractivity contribution in [3.63, 3.8) is 0 Å². The van der Waals surface area contributed by atoms with Gasteiger partial charge in [0, 0.05) is 24.3 Å². The summed E-state index contributed by atoms with van der Waals surface area (Å²) in [6, 6.07) is 3.59. The van der Waals surface area contributed by atoms with Crippen LogP contribution in [0.1, 0.15) is 22.3 Å². The number of nitrogen functional groups attached to an aromatic ring is 2. The minimum absolute atomic E-state index is 0.126. The van der Waals surface area contributed by atoms with Crippen molar-refractivity contribution in [1.29, 1.82) is 0 Å². The van der Waals surface area contributed by atoms with Gasteiger partial charge in [0.05, 0.1) is 23.7 Å². The largest absolute Gasteiger partial charge is 0.506 e. The number of phenolic OH excluding ortho intramolecular Hbond substituents is 2. The first-order valence-electron chi connectivity index (χ1n) is 7.60. The van der Waals surface area contributed by atoms with Crippen LogP contribution in [-0.4, -0.2) is 16.9 Å². The summed E-state index contributed by atoms with van der Waals surface area (Å²) in [5.74, 6) is 0.278. The molecule has 0 spiro atoms. The van der Waals surface area contributed by atoms with Crippen molar-refractivity contribution in [2.24, 2.45) is 0 Å². The third-order valence-corrected chi connectivity index (χ3v) is 4.96. The molecule has 23 heavy (non-hydrogen) atoms. The maximum atomic E-state index is 10.2. The van der Waals surface area contributed by atoms with Crippen LogP contribution >= 0.6 is 0 Å². The molecule has 2 aromatic rings. The number of fused-ring (bicyclic) bond motifs is 6. The van der Waals surface area contributed by atoms with Crippen LogP contribution in [-0.2, 0) is 13.1 Å². The molecule has 0 fully saturated rings. The summed E-state index contributed by atoms with van der Waals surface area (Å²) in [4.78, 5) is 4.44. The fraction of sp³-hybridized carbons (Fsp3) is 0.294. The molecule has 0 aromatic heterocycles. The molecule has 2 aliphatic rings. The number of nitrogens with zero attached hydrogens (tertiary/aromatic N) is 2. The summed E-state index contributed by atoms with van der Waals surface area (Å²) < 4.78 is 0. The molecule has 2 aliphatic heterocycles. The summed E-state index contributed by atoms with van der Waals surface area (Å²) in [7, 11) is 0. The van der Waals surface area contributed by atoms with E-state index in [0.717, 1.165) is 40.3 Å². The predicted molar refractivity (Wildman–Crippen MR) is 91.7 cm³/mol. The van der Waals surface area contributed by atoms with E-state index in [1.54, 1.807) is 6.07 Å². The fourth-order valence-electron chi connectivity index (χ4n) is 3.90. The molecule has 0 atom stereocenters. The highest BCUT2D eigenvalue weighted by molar-refractivity contribution is 5.80. The molecular weight excluding hydrogens is 292 g/mol. The van der Waals surface area contributed by atoms with E-state index in [9.17, 15) is 10.2 Å². The minimum atomic E-state index is 0.126. The molecular formula is C17H20N4O2. The first kappa shape index (κ1) is 13.9. The summed E-state index contributed by atoms with van der Waals surface area (Å²) >= 11 is 0. The second-order valence-corrected chi connectivity index (χ2v) is 6.43. The topological polar surface area (TPSA) is 99.0 Å². The SMILES string of the molecule is Cc1c(N)c(O)cc2c1N1Cc3cc(N)c(O)c(C)c3N(C2)C1. The molecule has 6 N–H and O–H groups in total. The van der Waals surface area contributed by atoms with Gasteiger partial charge in [0.1, 0.15) is 11.5 Å². The van der Waals surface area contributed by atoms with Gasteiger partial charge in [-0.3, -0.25) is 0 Å². The third kappa shape index (κ3) is 1.75. The molecule has 2 heterocycles. The zero-order valence-electron chi connectivity index (χ0n) is 13.2. The first-order chi connectivity index (χ1) is 10.9. The summed E-state index contributed by atoms with van der Waals surface area (Å²) in [6.45, 7) is 5.93. The standard InChI is InChI=1S/C17H20N4O2/c1-8-14(19)13(22)4-11-6-21-7-20(15(8)11)5-10-3-12(18)17(23)9(2)16(10)21/h3-4,22-23H,5-7,18-19H2,1-2H3. The molecule has 0 saturated heterocycles. The summed E-state index contributed by atoms with van der Waals surface area (Å²) in [5, 5.41) is 20.2. The molecule has 0 unspecified atom stereocenters. The van der Waals surface area contributed by atoms with Crippen LogP contribution in [0, 0.1) is 13.8 Å². The van der Waals surface area contributed by atoms with Gasteiger partial charge in [-0.15, -0.1) is 0 Å². The molecule has 0 saturated carbocycles. The quantitative estimate of drug-likeness (QED) is 0.439. The molecule has 0 amide bonds. The molecule has 0 aliphatic carbocycles. The van der Waals surface area contributed by atoms with E-state index in [1.165, 1.54) is 0 Å². The Morgan fingerprint density at radius 1 is 0.913 bits per heavy atom. The zero-order chi connectivity index (χ0) is 16.5. The van der Waals surface area contributed by atoms with Gasteiger partial charge in [-0.25, -0.2) is 0 Å². The first-order valence-corrected chi connectivity index (χ1v) is 7.60. The number of hydrogen-bond donors (Lipinski definition) is 4. The van der Waals surface area contributed by atoms with E-state index in [4.69, 9.17) is 11.5 Å². The maximum absolute atomic E-state index is 10.2. The van der Waals surface area contributed by atoms with Gasteiger partial charge in [-0.2, -0.15) is 0 Å². The summed E-state index contributed by atoms with van der Waals surface area (Å²) in [5.41, 5.74) is 18.7. The lowest BCUT2D eigenvalue weighted by atomic mass is 9.95. The van der Waals surface area contributed by atoms with Gasteiger partial charge in [-0.05, 0) is 42.7 Å². The molecule has 6 nitrogen and oxygen atoms in total. The Kier molecular flexibility index (Phi) is 2.64. The van der Waals surface area contributed by atoms with Crippen molar-refractivity contribution in [2.45, 2.75) is 26.9 Å². The van der Waals surface area contributed by atoms with Gasteiger partial charge in [-0.1, -0.05) is 0 Å². The van der Waals surface area contributed by atoms with Gasteiger partial charge in [0.15, 0.2) is 0 Å². The Hall–Kier alpha value is -2.76. The van der Waals surface area contributed by atoms with Crippen LogP contribution in [0.4, 0.5) is 22.7 Å². The minimum Gasteiger partial charge on any atom is -0.506 e. The molecule has 0 radical (unpaired) electrons. The van der Waals surface area contributed by atoms with Crippen LogP contribution in [0.25, 0.3) is 0 Å². The van der Waals surface area contributed by atoms with Crippen molar-refractivity contribution < 1.29 is 10.2 Å². The van der Waals surface area contributed by atoms with Crippen molar-refractivity contribution >= 4 is 22.7 Å².